The molecule has 5 rings (SSSR count). The van der Waals surface area contributed by atoms with Gasteiger partial charge in [-0.25, -0.2) is 9.78 Å². The maximum absolute atomic E-state index is 11.2. The molecule has 8 heteroatoms. The molecule has 1 saturated carbocycles. The standard InChI is InChI=1S/C23H17ClN4O3/c24-16-5-7-17(8-6-16)31-19-13-26-28-18-9-12-25-21(20(18)19)27-23(10-11-23)15-3-1-14(2-4-15)22(29)30/h1-9,12-13H,10-11H2,(H,25,27)(H,29,30). The van der Waals surface area contributed by atoms with Crippen molar-refractivity contribution < 1.29 is 14.6 Å². The molecule has 0 amide bonds. The highest BCUT2D eigenvalue weighted by atomic mass is 35.5. The first kappa shape index (κ1) is 19.3. The van der Waals surface area contributed by atoms with Crippen molar-refractivity contribution in [2.45, 2.75) is 18.4 Å². The van der Waals surface area contributed by atoms with Crippen LogP contribution in [0.3, 0.4) is 0 Å². The molecule has 7 nitrogen and oxygen atoms in total. The van der Waals surface area contributed by atoms with Crippen LogP contribution in [-0.4, -0.2) is 26.3 Å². The van der Waals surface area contributed by atoms with E-state index in [2.05, 4.69) is 20.5 Å². The number of carbonyl (C=O) groups is 1. The third-order valence-electron chi connectivity index (χ3n) is 5.35. The van der Waals surface area contributed by atoms with Gasteiger partial charge >= 0.3 is 5.97 Å². The van der Waals surface area contributed by atoms with Crippen LogP contribution in [-0.2, 0) is 5.54 Å². The van der Waals surface area contributed by atoms with Gasteiger partial charge in [-0.3, -0.25) is 0 Å². The number of anilines is 1. The van der Waals surface area contributed by atoms with Crippen molar-refractivity contribution in [2.24, 2.45) is 0 Å². The van der Waals surface area contributed by atoms with Gasteiger partial charge in [0.15, 0.2) is 5.75 Å². The van der Waals surface area contributed by atoms with E-state index in [-0.39, 0.29) is 11.1 Å². The Morgan fingerprint density at radius 1 is 1.06 bits per heavy atom. The summed E-state index contributed by atoms with van der Waals surface area (Å²) in [6.45, 7) is 0. The van der Waals surface area contributed by atoms with Crippen LogP contribution >= 0.6 is 11.6 Å². The van der Waals surface area contributed by atoms with Crippen molar-refractivity contribution in [3.63, 3.8) is 0 Å². The number of nitrogens with zero attached hydrogens (tertiary/aromatic N) is 3. The molecule has 0 saturated heterocycles. The largest absolute Gasteiger partial charge is 0.478 e. The lowest BCUT2D eigenvalue weighted by atomic mass is 10.0. The van der Waals surface area contributed by atoms with Crippen molar-refractivity contribution in [2.75, 3.05) is 5.32 Å². The van der Waals surface area contributed by atoms with Crippen LogP contribution in [0.15, 0.2) is 67.0 Å². The average Bonchev–Trinajstić information content (AvgIpc) is 3.56. The number of pyridine rings is 1. The highest BCUT2D eigenvalue weighted by Crippen LogP contribution is 2.49. The van der Waals surface area contributed by atoms with Gasteiger partial charge in [0.05, 0.1) is 22.7 Å². The third-order valence-corrected chi connectivity index (χ3v) is 5.60. The Balaban J connectivity index is 1.51. The van der Waals surface area contributed by atoms with E-state index in [1.807, 2.05) is 12.1 Å². The molecule has 0 spiro atoms. The minimum atomic E-state index is -0.942. The second kappa shape index (κ2) is 7.52. The molecule has 0 aliphatic heterocycles. The molecule has 2 N–H and O–H groups in total. The summed E-state index contributed by atoms with van der Waals surface area (Å²) in [6, 6.07) is 15.8. The predicted octanol–water partition coefficient (Wildman–Crippen LogP) is 5.27. The zero-order chi connectivity index (χ0) is 21.4. The Morgan fingerprint density at radius 3 is 2.48 bits per heavy atom. The third kappa shape index (κ3) is 3.75. The molecule has 31 heavy (non-hydrogen) atoms. The van der Waals surface area contributed by atoms with Crippen molar-refractivity contribution in [3.05, 3.63) is 83.1 Å². The molecule has 2 aromatic carbocycles. The zero-order valence-electron chi connectivity index (χ0n) is 16.2. The van der Waals surface area contributed by atoms with Crippen molar-refractivity contribution >= 4 is 34.3 Å². The van der Waals surface area contributed by atoms with Crippen LogP contribution in [0.4, 0.5) is 5.82 Å². The normalized spacial score (nSPS) is 14.2. The Hall–Kier alpha value is -3.71. The Bertz CT molecular complexity index is 1270. The molecule has 0 bridgehead atoms. The van der Waals surface area contributed by atoms with E-state index in [9.17, 15) is 4.79 Å². The lowest BCUT2D eigenvalue weighted by Crippen LogP contribution is -2.20. The topological polar surface area (TPSA) is 97.2 Å². The number of fused-ring (bicyclic) bond motifs is 1. The summed E-state index contributed by atoms with van der Waals surface area (Å²) in [5.74, 6) is 0.845. The van der Waals surface area contributed by atoms with Gasteiger partial charge in [0.25, 0.3) is 0 Å². The second-order valence-corrected chi connectivity index (χ2v) is 7.84. The van der Waals surface area contributed by atoms with Crippen molar-refractivity contribution in [1.82, 2.24) is 15.2 Å². The first-order chi connectivity index (χ1) is 15.0. The van der Waals surface area contributed by atoms with Crippen LogP contribution in [0.2, 0.25) is 5.02 Å². The number of ether oxygens (including phenoxy) is 1. The molecular weight excluding hydrogens is 416 g/mol. The van der Waals surface area contributed by atoms with E-state index in [1.165, 1.54) is 0 Å². The molecule has 0 radical (unpaired) electrons. The van der Waals surface area contributed by atoms with Crippen LogP contribution in [0, 0.1) is 0 Å². The number of hydrogen-bond donors (Lipinski definition) is 2. The summed E-state index contributed by atoms with van der Waals surface area (Å²) < 4.78 is 6.06. The highest BCUT2D eigenvalue weighted by Gasteiger charge is 2.45. The zero-order valence-corrected chi connectivity index (χ0v) is 17.0. The number of aromatic carboxylic acids is 1. The van der Waals surface area contributed by atoms with E-state index in [0.717, 1.165) is 23.8 Å². The van der Waals surface area contributed by atoms with Crippen LogP contribution in [0.1, 0.15) is 28.8 Å². The monoisotopic (exact) mass is 432 g/mol. The van der Waals surface area contributed by atoms with Gasteiger partial charge in [0.2, 0.25) is 0 Å². The second-order valence-electron chi connectivity index (χ2n) is 7.41. The summed E-state index contributed by atoms with van der Waals surface area (Å²) in [6.07, 6.45) is 5.05. The molecule has 1 fully saturated rings. The number of halogens is 1. The summed E-state index contributed by atoms with van der Waals surface area (Å²) in [4.78, 5) is 15.7. The van der Waals surface area contributed by atoms with E-state index in [0.29, 0.717) is 27.9 Å². The number of hydrogen-bond acceptors (Lipinski definition) is 6. The van der Waals surface area contributed by atoms with E-state index in [4.69, 9.17) is 21.4 Å². The lowest BCUT2D eigenvalue weighted by Gasteiger charge is -2.20. The maximum atomic E-state index is 11.2. The Kier molecular flexibility index (Phi) is 4.67. The van der Waals surface area contributed by atoms with Crippen LogP contribution in [0.5, 0.6) is 11.5 Å². The summed E-state index contributed by atoms with van der Waals surface area (Å²) in [7, 11) is 0. The molecule has 1 aliphatic rings. The average molecular weight is 433 g/mol. The minimum absolute atomic E-state index is 0.261. The van der Waals surface area contributed by atoms with Crippen LogP contribution in [0.25, 0.3) is 10.9 Å². The molecular formula is C23H17ClN4O3. The minimum Gasteiger partial charge on any atom is -0.478 e. The van der Waals surface area contributed by atoms with Crippen molar-refractivity contribution in [1.29, 1.82) is 0 Å². The van der Waals surface area contributed by atoms with E-state index >= 15 is 0 Å². The smallest absolute Gasteiger partial charge is 0.335 e. The van der Waals surface area contributed by atoms with Crippen LogP contribution < -0.4 is 10.1 Å². The number of carboxylic acid groups (broad SMARTS) is 1. The van der Waals surface area contributed by atoms with Gasteiger partial charge in [-0.15, -0.1) is 0 Å². The molecule has 4 aromatic rings. The molecule has 0 atom stereocenters. The molecule has 1 aliphatic carbocycles. The predicted molar refractivity (Wildman–Crippen MR) is 117 cm³/mol. The number of rotatable bonds is 6. The lowest BCUT2D eigenvalue weighted by molar-refractivity contribution is 0.0697. The van der Waals surface area contributed by atoms with Gasteiger partial charge < -0.3 is 15.2 Å². The van der Waals surface area contributed by atoms with Gasteiger partial charge in [0, 0.05) is 11.2 Å². The molecule has 154 valence electrons. The fraction of sp³-hybridized carbons (Fsp3) is 0.130. The first-order valence-corrected chi connectivity index (χ1v) is 10.1. The number of nitrogens with one attached hydrogen (secondary N) is 1. The first-order valence-electron chi connectivity index (χ1n) is 9.70. The SMILES string of the molecule is O=C(O)c1ccc(C2(Nc3nccc4nncc(Oc5ccc(Cl)cc5)c34)CC2)cc1. The molecule has 2 aromatic heterocycles. The van der Waals surface area contributed by atoms with E-state index in [1.54, 1.807) is 54.9 Å². The van der Waals surface area contributed by atoms with Gasteiger partial charge in [-0.2, -0.15) is 10.2 Å². The van der Waals surface area contributed by atoms with Gasteiger partial charge in [-0.05, 0) is 60.9 Å². The fourth-order valence-corrected chi connectivity index (χ4v) is 3.68. The van der Waals surface area contributed by atoms with Crippen molar-refractivity contribution in [3.8, 4) is 11.5 Å². The quantitative estimate of drug-likeness (QED) is 0.428. The van der Waals surface area contributed by atoms with Gasteiger partial charge in [0.1, 0.15) is 17.1 Å². The highest BCUT2D eigenvalue weighted by molar-refractivity contribution is 6.30. The number of aromatic nitrogens is 3. The van der Waals surface area contributed by atoms with Gasteiger partial charge in [-0.1, -0.05) is 23.7 Å². The maximum Gasteiger partial charge on any atom is 0.335 e. The Morgan fingerprint density at radius 2 is 1.81 bits per heavy atom. The van der Waals surface area contributed by atoms with E-state index < -0.39 is 5.97 Å². The number of benzene rings is 2. The summed E-state index contributed by atoms with van der Waals surface area (Å²) >= 11 is 5.97. The summed E-state index contributed by atoms with van der Waals surface area (Å²) in [5.41, 5.74) is 1.62. The fourth-order valence-electron chi connectivity index (χ4n) is 3.56. The number of carboxylic acids is 1. The molecule has 2 heterocycles. The molecule has 0 unspecified atom stereocenters. The summed E-state index contributed by atoms with van der Waals surface area (Å²) in [5, 5.41) is 22.3. The Labute approximate surface area is 182 Å².